The Morgan fingerprint density at radius 2 is 1.79 bits per heavy atom. The third-order valence-corrected chi connectivity index (χ3v) is 5.72. The van der Waals surface area contributed by atoms with Gasteiger partial charge in [-0.3, -0.25) is 9.59 Å². The second kappa shape index (κ2) is 12.0. The van der Waals surface area contributed by atoms with E-state index >= 15 is 0 Å². The zero-order chi connectivity index (χ0) is 27.9. The molecule has 10 nitrogen and oxygen atoms in total. The molecule has 0 saturated carbocycles. The van der Waals surface area contributed by atoms with Crippen molar-refractivity contribution in [1.82, 2.24) is 0 Å². The molecule has 0 spiro atoms. The standard InChI is InChI=1S/C29H27N3O7/c1-4-38-26-15-19(12-13-25(26)39-17-27(33)30-23-10-5-6-11-24(23)37-3)14-22-18(2)31-32(28(22)34)21-9-7-8-20(16-21)29(35)36/h5-16H,4,17H2,1-3H3,(H,30,33)(H,35,36). The largest absolute Gasteiger partial charge is 0.495 e. The third kappa shape index (κ3) is 6.24. The maximum Gasteiger partial charge on any atom is 0.335 e. The van der Waals surface area contributed by atoms with Gasteiger partial charge in [-0.05, 0) is 68.0 Å². The number of hydrogen-bond acceptors (Lipinski definition) is 7. The number of para-hydroxylation sites is 2. The lowest BCUT2D eigenvalue weighted by Crippen LogP contribution is -2.21. The highest BCUT2D eigenvalue weighted by Gasteiger charge is 2.29. The molecule has 0 fully saturated rings. The normalized spacial score (nSPS) is 13.7. The SMILES string of the molecule is CCOc1cc(C=C2C(=O)N(c3cccc(C(=O)O)c3)N=C2C)ccc1OCC(=O)Nc1ccccc1OC. The Labute approximate surface area is 225 Å². The highest BCUT2D eigenvalue weighted by Crippen LogP contribution is 2.31. The van der Waals surface area contributed by atoms with Gasteiger partial charge < -0.3 is 24.6 Å². The van der Waals surface area contributed by atoms with Gasteiger partial charge in [0, 0.05) is 0 Å². The van der Waals surface area contributed by atoms with Gasteiger partial charge in [0.25, 0.3) is 11.8 Å². The molecule has 0 aromatic heterocycles. The van der Waals surface area contributed by atoms with Crippen LogP contribution >= 0.6 is 0 Å². The van der Waals surface area contributed by atoms with E-state index in [-0.39, 0.29) is 24.0 Å². The molecule has 0 saturated heterocycles. The number of carboxylic acids is 1. The maximum atomic E-state index is 13.1. The van der Waals surface area contributed by atoms with Crippen molar-refractivity contribution in [2.45, 2.75) is 13.8 Å². The quantitative estimate of drug-likeness (QED) is 0.367. The van der Waals surface area contributed by atoms with E-state index in [9.17, 15) is 19.5 Å². The van der Waals surface area contributed by atoms with Crippen LogP contribution < -0.4 is 24.5 Å². The van der Waals surface area contributed by atoms with E-state index < -0.39 is 5.97 Å². The molecule has 200 valence electrons. The Morgan fingerprint density at radius 3 is 2.54 bits per heavy atom. The van der Waals surface area contributed by atoms with Crippen molar-refractivity contribution in [1.29, 1.82) is 0 Å². The van der Waals surface area contributed by atoms with E-state index in [1.807, 2.05) is 6.92 Å². The lowest BCUT2D eigenvalue weighted by Gasteiger charge is -2.14. The Balaban J connectivity index is 1.50. The number of ether oxygens (including phenoxy) is 3. The summed E-state index contributed by atoms with van der Waals surface area (Å²) in [5.41, 5.74) is 2.42. The number of amides is 2. The second-order valence-corrected chi connectivity index (χ2v) is 8.39. The number of anilines is 2. The lowest BCUT2D eigenvalue weighted by atomic mass is 10.1. The molecule has 3 aromatic rings. The summed E-state index contributed by atoms with van der Waals surface area (Å²) in [6, 6.07) is 18.2. The van der Waals surface area contributed by atoms with Crippen LogP contribution in [0.4, 0.5) is 11.4 Å². The van der Waals surface area contributed by atoms with Crippen molar-refractivity contribution < 1.29 is 33.7 Å². The van der Waals surface area contributed by atoms with Crippen LogP contribution in [-0.2, 0) is 9.59 Å². The number of carbonyl (C=O) groups is 3. The summed E-state index contributed by atoms with van der Waals surface area (Å²) in [5.74, 6) is -0.549. The lowest BCUT2D eigenvalue weighted by molar-refractivity contribution is -0.118. The number of nitrogens with one attached hydrogen (secondary N) is 1. The molecular formula is C29H27N3O7. The van der Waals surface area contributed by atoms with Gasteiger partial charge >= 0.3 is 5.97 Å². The number of carbonyl (C=O) groups excluding carboxylic acids is 2. The van der Waals surface area contributed by atoms with Crippen LogP contribution in [0.1, 0.15) is 29.8 Å². The van der Waals surface area contributed by atoms with Gasteiger partial charge in [-0.25, -0.2) is 4.79 Å². The monoisotopic (exact) mass is 529 g/mol. The number of benzene rings is 3. The second-order valence-electron chi connectivity index (χ2n) is 8.39. The Bertz CT molecular complexity index is 1480. The first-order valence-corrected chi connectivity index (χ1v) is 12.1. The number of carboxylic acid groups (broad SMARTS) is 1. The maximum absolute atomic E-state index is 13.1. The van der Waals surface area contributed by atoms with Gasteiger partial charge in [-0.1, -0.05) is 24.3 Å². The van der Waals surface area contributed by atoms with Gasteiger partial charge in [-0.2, -0.15) is 10.1 Å². The van der Waals surface area contributed by atoms with Crippen molar-refractivity contribution in [2.24, 2.45) is 5.10 Å². The number of aromatic carboxylic acids is 1. The minimum atomic E-state index is -1.09. The molecule has 39 heavy (non-hydrogen) atoms. The fourth-order valence-electron chi connectivity index (χ4n) is 3.88. The first-order chi connectivity index (χ1) is 18.8. The van der Waals surface area contributed by atoms with Crippen LogP contribution in [0.2, 0.25) is 0 Å². The van der Waals surface area contributed by atoms with Crippen LogP contribution in [0.15, 0.2) is 77.4 Å². The summed E-state index contributed by atoms with van der Waals surface area (Å²) >= 11 is 0. The predicted octanol–water partition coefficient (Wildman–Crippen LogP) is 4.62. The van der Waals surface area contributed by atoms with Crippen molar-refractivity contribution in [3.8, 4) is 17.2 Å². The van der Waals surface area contributed by atoms with E-state index in [0.717, 1.165) is 0 Å². The van der Waals surface area contributed by atoms with Gasteiger partial charge in [0.15, 0.2) is 18.1 Å². The van der Waals surface area contributed by atoms with Crippen LogP contribution in [0.3, 0.4) is 0 Å². The van der Waals surface area contributed by atoms with E-state index in [1.54, 1.807) is 67.6 Å². The molecule has 1 aliphatic heterocycles. The molecular weight excluding hydrogens is 502 g/mol. The van der Waals surface area contributed by atoms with Crippen molar-refractivity contribution >= 4 is 40.9 Å². The molecule has 0 radical (unpaired) electrons. The van der Waals surface area contributed by atoms with Crippen LogP contribution in [0.25, 0.3) is 6.08 Å². The number of hydrazone groups is 1. The van der Waals surface area contributed by atoms with Crippen LogP contribution in [0.5, 0.6) is 17.2 Å². The summed E-state index contributed by atoms with van der Waals surface area (Å²) < 4.78 is 16.7. The first-order valence-electron chi connectivity index (χ1n) is 12.1. The van der Waals surface area contributed by atoms with Crippen LogP contribution in [0, 0.1) is 0 Å². The number of hydrogen-bond donors (Lipinski definition) is 2. The Kier molecular flexibility index (Phi) is 8.25. The molecule has 0 atom stereocenters. The Morgan fingerprint density at radius 1 is 1.00 bits per heavy atom. The van der Waals surface area contributed by atoms with Crippen molar-refractivity contribution in [2.75, 3.05) is 30.6 Å². The zero-order valence-corrected chi connectivity index (χ0v) is 21.6. The predicted molar refractivity (Wildman–Crippen MR) is 147 cm³/mol. The van der Waals surface area contributed by atoms with Gasteiger partial charge in [0.1, 0.15) is 5.75 Å². The van der Waals surface area contributed by atoms with E-state index in [0.29, 0.717) is 52.1 Å². The molecule has 4 rings (SSSR count). The summed E-state index contributed by atoms with van der Waals surface area (Å²) in [4.78, 5) is 36.9. The fraction of sp³-hybridized carbons (Fsp3) is 0.172. The zero-order valence-electron chi connectivity index (χ0n) is 21.6. The van der Waals surface area contributed by atoms with E-state index in [4.69, 9.17) is 14.2 Å². The minimum absolute atomic E-state index is 0.0547. The number of nitrogens with zero attached hydrogens (tertiary/aromatic N) is 2. The molecule has 2 N–H and O–H groups in total. The van der Waals surface area contributed by atoms with Crippen LogP contribution in [-0.4, -0.2) is 48.9 Å². The summed E-state index contributed by atoms with van der Waals surface area (Å²) in [5, 5.41) is 17.5. The smallest absolute Gasteiger partial charge is 0.335 e. The molecule has 0 unspecified atom stereocenters. The summed E-state index contributed by atoms with van der Waals surface area (Å²) in [7, 11) is 1.52. The Hall–Kier alpha value is -5.12. The van der Waals surface area contributed by atoms with Gasteiger partial charge in [0.2, 0.25) is 0 Å². The number of rotatable bonds is 10. The van der Waals surface area contributed by atoms with Gasteiger partial charge in [-0.15, -0.1) is 0 Å². The number of methoxy groups -OCH3 is 1. The minimum Gasteiger partial charge on any atom is -0.495 e. The van der Waals surface area contributed by atoms with Crippen molar-refractivity contribution in [3.63, 3.8) is 0 Å². The molecule has 1 heterocycles. The van der Waals surface area contributed by atoms with E-state index in [2.05, 4.69) is 10.4 Å². The molecule has 0 bridgehead atoms. The van der Waals surface area contributed by atoms with E-state index in [1.165, 1.54) is 24.3 Å². The molecule has 0 aliphatic carbocycles. The summed E-state index contributed by atoms with van der Waals surface area (Å²) in [6.07, 6.45) is 1.67. The first kappa shape index (κ1) is 26.9. The van der Waals surface area contributed by atoms with Gasteiger partial charge in [0.05, 0.1) is 41.9 Å². The molecule has 2 amide bonds. The topological polar surface area (TPSA) is 127 Å². The highest BCUT2D eigenvalue weighted by molar-refractivity contribution is 6.32. The molecule has 1 aliphatic rings. The third-order valence-electron chi connectivity index (χ3n) is 5.72. The highest BCUT2D eigenvalue weighted by atomic mass is 16.5. The van der Waals surface area contributed by atoms with Crippen molar-refractivity contribution in [3.05, 3.63) is 83.4 Å². The average molecular weight is 530 g/mol. The fourth-order valence-corrected chi connectivity index (χ4v) is 3.88. The summed E-state index contributed by atoms with van der Waals surface area (Å²) in [6.45, 7) is 3.62. The molecule has 10 heteroatoms. The average Bonchev–Trinajstić information content (AvgIpc) is 3.21. The molecule has 3 aromatic carbocycles.